The van der Waals surface area contributed by atoms with Crippen LogP contribution in [0.2, 0.25) is 0 Å². The van der Waals surface area contributed by atoms with Crippen LogP contribution < -0.4 is 4.72 Å². The van der Waals surface area contributed by atoms with Gasteiger partial charge in [0.25, 0.3) is 10.2 Å². The number of hydrogen-bond donors (Lipinski definition) is 1. The van der Waals surface area contributed by atoms with Gasteiger partial charge in [-0.2, -0.15) is 17.4 Å². The minimum Gasteiger partial charge on any atom is -0.465 e. The minimum absolute atomic E-state index is 0.241. The highest BCUT2D eigenvalue weighted by atomic mass is 32.2. The highest BCUT2D eigenvalue weighted by molar-refractivity contribution is 7.87. The normalized spacial score (nSPS) is 22.4. The van der Waals surface area contributed by atoms with E-state index in [1.165, 1.54) is 4.31 Å². The Morgan fingerprint density at radius 1 is 1.40 bits per heavy atom. The van der Waals surface area contributed by atoms with E-state index < -0.39 is 22.2 Å². The van der Waals surface area contributed by atoms with Crippen LogP contribution in [0, 0.1) is 0 Å². The van der Waals surface area contributed by atoms with Gasteiger partial charge in [-0.3, -0.25) is 4.79 Å². The van der Waals surface area contributed by atoms with Crippen LogP contribution in [0.15, 0.2) is 30.3 Å². The standard InChI is InChI=1S/C13H18N2O4S/c1-2-19-13(16)12-8-9-15(20(17,18)14-12)10-11-6-4-3-5-7-11/h3-7,12,14H,2,8-10H2,1H3/t12-/m0/s1. The van der Waals surface area contributed by atoms with E-state index in [2.05, 4.69) is 4.72 Å². The average molecular weight is 298 g/mol. The molecule has 1 saturated heterocycles. The SMILES string of the molecule is CCOC(=O)[C@@H]1CCN(Cc2ccccc2)S(=O)(=O)N1. The lowest BCUT2D eigenvalue weighted by Gasteiger charge is -2.31. The van der Waals surface area contributed by atoms with Crippen molar-refractivity contribution < 1.29 is 17.9 Å². The lowest BCUT2D eigenvalue weighted by Crippen LogP contribution is -2.54. The fourth-order valence-electron chi connectivity index (χ4n) is 2.07. The summed E-state index contributed by atoms with van der Waals surface area (Å²) in [5.74, 6) is -0.518. The fourth-order valence-corrected chi connectivity index (χ4v) is 3.45. The maximum absolute atomic E-state index is 12.1. The molecule has 1 heterocycles. The van der Waals surface area contributed by atoms with Crippen molar-refractivity contribution in [1.82, 2.24) is 9.03 Å². The van der Waals surface area contributed by atoms with Crippen molar-refractivity contribution in [2.45, 2.75) is 25.9 Å². The molecule has 0 radical (unpaired) electrons. The zero-order chi connectivity index (χ0) is 14.6. The molecule has 1 atom stereocenters. The van der Waals surface area contributed by atoms with Gasteiger partial charge in [-0.25, -0.2) is 0 Å². The van der Waals surface area contributed by atoms with Gasteiger partial charge in [0.1, 0.15) is 6.04 Å². The first kappa shape index (κ1) is 15.0. The molecule has 110 valence electrons. The van der Waals surface area contributed by atoms with E-state index in [0.717, 1.165) is 5.56 Å². The molecule has 2 rings (SSSR count). The molecule has 1 fully saturated rings. The highest BCUT2D eigenvalue weighted by Crippen LogP contribution is 2.15. The van der Waals surface area contributed by atoms with E-state index in [1.54, 1.807) is 6.92 Å². The molecule has 6 nitrogen and oxygen atoms in total. The molecule has 0 amide bonds. The maximum atomic E-state index is 12.1. The molecular weight excluding hydrogens is 280 g/mol. The zero-order valence-corrected chi connectivity index (χ0v) is 12.1. The summed E-state index contributed by atoms with van der Waals surface area (Å²) in [6.45, 7) is 2.53. The van der Waals surface area contributed by atoms with Crippen molar-refractivity contribution in [2.24, 2.45) is 0 Å². The molecule has 1 aliphatic rings. The topological polar surface area (TPSA) is 75.7 Å². The van der Waals surface area contributed by atoms with E-state index in [4.69, 9.17) is 4.74 Å². The largest absolute Gasteiger partial charge is 0.465 e. The minimum atomic E-state index is -3.65. The molecule has 1 aliphatic heterocycles. The first-order chi connectivity index (χ1) is 9.53. The van der Waals surface area contributed by atoms with Crippen LogP contribution >= 0.6 is 0 Å². The predicted octanol–water partition coefficient (Wildman–Crippen LogP) is 0.658. The lowest BCUT2D eigenvalue weighted by atomic mass is 10.2. The van der Waals surface area contributed by atoms with Gasteiger partial charge in [-0.15, -0.1) is 0 Å². The molecule has 1 aromatic carbocycles. The van der Waals surface area contributed by atoms with Gasteiger partial charge < -0.3 is 4.74 Å². The number of ether oxygens (including phenoxy) is 1. The van der Waals surface area contributed by atoms with Gasteiger partial charge >= 0.3 is 5.97 Å². The van der Waals surface area contributed by atoms with Crippen molar-refractivity contribution in [3.05, 3.63) is 35.9 Å². The van der Waals surface area contributed by atoms with Gasteiger partial charge in [0, 0.05) is 13.1 Å². The fraction of sp³-hybridized carbons (Fsp3) is 0.462. The Balaban J connectivity index is 2.03. The van der Waals surface area contributed by atoms with E-state index in [0.29, 0.717) is 19.5 Å². The van der Waals surface area contributed by atoms with E-state index in [1.807, 2.05) is 30.3 Å². The second-order valence-electron chi connectivity index (χ2n) is 4.54. The van der Waals surface area contributed by atoms with Crippen LogP contribution in [-0.4, -0.2) is 37.9 Å². The third-order valence-electron chi connectivity index (χ3n) is 3.07. The molecular formula is C13H18N2O4S. The first-order valence-electron chi connectivity index (χ1n) is 6.51. The number of rotatable bonds is 4. The molecule has 0 bridgehead atoms. The van der Waals surface area contributed by atoms with Crippen LogP contribution in [0.1, 0.15) is 18.9 Å². The van der Waals surface area contributed by atoms with Crippen molar-refractivity contribution in [3.63, 3.8) is 0 Å². The second kappa shape index (κ2) is 6.34. The summed E-state index contributed by atoms with van der Waals surface area (Å²) >= 11 is 0. The highest BCUT2D eigenvalue weighted by Gasteiger charge is 2.35. The third-order valence-corrected chi connectivity index (χ3v) is 4.65. The number of esters is 1. The van der Waals surface area contributed by atoms with Crippen LogP contribution in [0.5, 0.6) is 0 Å². The van der Waals surface area contributed by atoms with E-state index >= 15 is 0 Å². The molecule has 0 saturated carbocycles. The van der Waals surface area contributed by atoms with Gasteiger partial charge in [0.15, 0.2) is 0 Å². The number of nitrogens with one attached hydrogen (secondary N) is 1. The molecule has 0 aliphatic carbocycles. The van der Waals surface area contributed by atoms with Crippen molar-refractivity contribution in [1.29, 1.82) is 0 Å². The summed E-state index contributed by atoms with van der Waals surface area (Å²) in [4.78, 5) is 11.6. The Bertz CT molecular complexity index is 559. The Kier molecular flexibility index (Phi) is 4.74. The molecule has 0 aromatic heterocycles. The predicted molar refractivity (Wildman–Crippen MR) is 73.9 cm³/mol. The first-order valence-corrected chi connectivity index (χ1v) is 7.95. The number of nitrogens with zero attached hydrogens (tertiary/aromatic N) is 1. The lowest BCUT2D eigenvalue weighted by molar-refractivity contribution is -0.145. The number of carbonyl (C=O) groups is 1. The van der Waals surface area contributed by atoms with Crippen LogP contribution in [0.25, 0.3) is 0 Å². The molecule has 20 heavy (non-hydrogen) atoms. The summed E-state index contributed by atoms with van der Waals surface area (Å²) in [5.41, 5.74) is 0.910. The maximum Gasteiger partial charge on any atom is 0.324 e. The summed E-state index contributed by atoms with van der Waals surface area (Å²) < 4.78 is 32.8. The van der Waals surface area contributed by atoms with E-state index in [-0.39, 0.29) is 6.61 Å². The van der Waals surface area contributed by atoms with Gasteiger partial charge in [-0.1, -0.05) is 30.3 Å². The number of carbonyl (C=O) groups excluding carboxylic acids is 1. The zero-order valence-electron chi connectivity index (χ0n) is 11.3. The molecule has 0 unspecified atom stereocenters. The molecule has 7 heteroatoms. The monoisotopic (exact) mass is 298 g/mol. The number of benzene rings is 1. The van der Waals surface area contributed by atoms with Crippen molar-refractivity contribution >= 4 is 16.2 Å². The van der Waals surface area contributed by atoms with Crippen LogP contribution in [0.3, 0.4) is 0 Å². The Morgan fingerprint density at radius 3 is 2.70 bits per heavy atom. The Morgan fingerprint density at radius 2 is 2.10 bits per heavy atom. The Labute approximate surface area is 118 Å². The smallest absolute Gasteiger partial charge is 0.324 e. The molecule has 0 spiro atoms. The Hall–Kier alpha value is -1.44. The quantitative estimate of drug-likeness (QED) is 0.829. The van der Waals surface area contributed by atoms with Gasteiger partial charge in [-0.05, 0) is 18.9 Å². The van der Waals surface area contributed by atoms with Crippen LogP contribution in [-0.2, 0) is 26.3 Å². The van der Waals surface area contributed by atoms with Gasteiger partial charge in [0.2, 0.25) is 0 Å². The third kappa shape index (κ3) is 3.56. The molecule has 1 aromatic rings. The second-order valence-corrected chi connectivity index (χ2v) is 6.24. The summed E-state index contributed by atoms with van der Waals surface area (Å²) in [7, 11) is -3.65. The summed E-state index contributed by atoms with van der Waals surface area (Å²) in [6, 6.07) is 8.55. The summed E-state index contributed by atoms with van der Waals surface area (Å²) in [5, 5.41) is 0. The van der Waals surface area contributed by atoms with E-state index in [9.17, 15) is 13.2 Å². The molecule has 1 N–H and O–H groups in total. The van der Waals surface area contributed by atoms with Gasteiger partial charge in [0.05, 0.1) is 6.61 Å². The van der Waals surface area contributed by atoms with Crippen LogP contribution in [0.4, 0.5) is 0 Å². The average Bonchev–Trinajstić information content (AvgIpc) is 2.42. The van der Waals surface area contributed by atoms with Crippen molar-refractivity contribution in [3.8, 4) is 0 Å². The summed E-state index contributed by atoms with van der Waals surface area (Å²) in [6.07, 6.45) is 0.408. The van der Waals surface area contributed by atoms with Crippen molar-refractivity contribution in [2.75, 3.05) is 13.2 Å². The number of hydrogen-bond acceptors (Lipinski definition) is 4.